The Morgan fingerprint density at radius 2 is 1.97 bits per heavy atom. The number of nitrogens with zero attached hydrogens (tertiary/aromatic N) is 4. The monoisotopic (exact) mass is 547 g/mol. The Morgan fingerprint density at radius 3 is 2.74 bits per heavy atom. The molecule has 4 atom stereocenters. The molecule has 4 aliphatic rings. The van der Waals surface area contributed by atoms with Crippen LogP contribution in [0.2, 0.25) is 0 Å². The maximum absolute atomic E-state index is 13.4. The lowest BCUT2D eigenvalue weighted by Gasteiger charge is -2.45. The Morgan fingerprint density at radius 1 is 1.18 bits per heavy atom. The van der Waals surface area contributed by atoms with Gasteiger partial charge in [-0.1, -0.05) is 36.5 Å². The SMILES string of the molecule is C=CC(=O)N1CCC[C@@H](NC(=O)C2=C3NC(=O)N(c4cnc(Oc5ccccc5)nc4)C4CCNC(S2)C34)C1. The number of ether oxygens (including phenoxy) is 1. The molecule has 3 saturated heterocycles. The second-order valence-electron chi connectivity index (χ2n) is 9.86. The second kappa shape index (κ2) is 10.7. The molecule has 1 aromatic carbocycles. The van der Waals surface area contributed by atoms with Gasteiger partial charge in [-0.15, -0.1) is 0 Å². The summed E-state index contributed by atoms with van der Waals surface area (Å²) < 4.78 is 5.69. The number of likely N-dealkylation sites (tertiary alicyclic amines) is 1. The molecule has 4 amide bonds. The quantitative estimate of drug-likeness (QED) is 0.470. The molecule has 12 heteroatoms. The average molecular weight is 548 g/mol. The molecule has 1 aromatic heterocycles. The van der Waals surface area contributed by atoms with E-state index in [1.807, 2.05) is 30.3 Å². The molecule has 0 saturated carbocycles. The lowest BCUT2D eigenvalue weighted by molar-refractivity contribution is -0.128. The van der Waals surface area contributed by atoms with Crippen LogP contribution < -0.4 is 25.6 Å². The number of piperidine rings is 2. The Bertz CT molecular complexity index is 1320. The summed E-state index contributed by atoms with van der Waals surface area (Å²) in [4.78, 5) is 51.4. The number of amides is 4. The maximum atomic E-state index is 13.4. The summed E-state index contributed by atoms with van der Waals surface area (Å²) >= 11 is 1.45. The van der Waals surface area contributed by atoms with Crippen LogP contribution in [0.25, 0.3) is 0 Å². The highest BCUT2D eigenvalue weighted by Crippen LogP contribution is 2.47. The van der Waals surface area contributed by atoms with Gasteiger partial charge < -0.3 is 25.6 Å². The Balaban J connectivity index is 1.19. The van der Waals surface area contributed by atoms with E-state index in [0.717, 1.165) is 19.3 Å². The van der Waals surface area contributed by atoms with Gasteiger partial charge in [-0.2, -0.15) is 0 Å². The Labute approximate surface area is 230 Å². The molecule has 0 bridgehead atoms. The summed E-state index contributed by atoms with van der Waals surface area (Å²) in [5, 5.41) is 9.54. The third kappa shape index (κ3) is 4.97. The predicted molar refractivity (Wildman–Crippen MR) is 146 cm³/mol. The summed E-state index contributed by atoms with van der Waals surface area (Å²) in [6.07, 6.45) is 6.80. The molecular weight excluding hydrogens is 518 g/mol. The molecule has 0 spiro atoms. The fraction of sp³-hybridized carbons (Fsp3) is 0.370. The van der Waals surface area contributed by atoms with Crippen LogP contribution in [0.1, 0.15) is 19.3 Å². The van der Waals surface area contributed by atoms with Gasteiger partial charge >= 0.3 is 12.0 Å². The number of carbonyl (C=O) groups excluding carboxylic acids is 3. The predicted octanol–water partition coefficient (Wildman–Crippen LogP) is 2.35. The van der Waals surface area contributed by atoms with E-state index in [4.69, 9.17) is 4.74 Å². The van der Waals surface area contributed by atoms with Crippen molar-refractivity contribution in [1.29, 1.82) is 0 Å². The molecule has 2 aromatic rings. The zero-order chi connectivity index (χ0) is 26.9. The number of carbonyl (C=O) groups is 3. The van der Waals surface area contributed by atoms with Gasteiger partial charge in [-0.25, -0.2) is 14.8 Å². The van der Waals surface area contributed by atoms with Crippen molar-refractivity contribution in [3.05, 3.63) is 66.0 Å². The highest BCUT2D eigenvalue weighted by molar-refractivity contribution is 8.04. The first-order valence-electron chi connectivity index (χ1n) is 13.0. The minimum absolute atomic E-state index is 0.0468. The van der Waals surface area contributed by atoms with Gasteiger partial charge in [0.2, 0.25) is 5.91 Å². The van der Waals surface area contributed by atoms with E-state index in [1.165, 1.54) is 17.8 Å². The van der Waals surface area contributed by atoms with E-state index < -0.39 is 0 Å². The summed E-state index contributed by atoms with van der Waals surface area (Å²) in [6.45, 7) is 5.38. The van der Waals surface area contributed by atoms with Crippen LogP contribution in [0.5, 0.6) is 11.8 Å². The summed E-state index contributed by atoms with van der Waals surface area (Å²) in [6, 6.07) is 8.82. The molecule has 4 aliphatic heterocycles. The van der Waals surface area contributed by atoms with Crippen LogP contribution in [0.15, 0.2) is 66.0 Å². The molecule has 0 aliphatic carbocycles. The molecule has 3 unspecified atom stereocenters. The van der Waals surface area contributed by atoms with Gasteiger partial charge in [0.25, 0.3) is 5.91 Å². The molecule has 0 radical (unpaired) electrons. The first-order chi connectivity index (χ1) is 19.0. The average Bonchev–Trinajstić information content (AvgIpc) is 3.33. The van der Waals surface area contributed by atoms with E-state index >= 15 is 0 Å². The molecule has 5 heterocycles. The number of benzene rings is 1. The zero-order valence-corrected chi connectivity index (χ0v) is 22.0. The molecule has 11 nitrogen and oxygen atoms in total. The van der Waals surface area contributed by atoms with E-state index in [0.29, 0.717) is 41.7 Å². The third-order valence-corrected chi connectivity index (χ3v) is 8.79. The van der Waals surface area contributed by atoms with Crippen LogP contribution in [-0.2, 0) is 9.59 Å². The van der Waals surface area contributed by atoms with Crippen molar-refractivity contribution in [3.8, 4) is 11.8 Å². The molecular formula is C27H29N7O4S. The van der Waals surface area contributed by atoms with Gasteiger partial charge in [-0.3, -0.25) is 14.5 Å². The summed E-state index contributed by atoms with van der Waals surface area (Å²) in [5.41, 5.74) is 1.22. The molecule has 202 valence electrons. The maximum Gasteiger partial charge on any atom is 0.326 e. The third-order valence-electron chi connectivity index (χ3n) is 7.44. The summed E-state index contributed by atoms with van der Waals surface area (Å²) in [5.74, 6) is 0.182. The van der Waals surface area contributed by atoms with Crippen LogP contribution >= 0.6 is 11.8 Å². The molecule has 3 N–H and O–H groups in total. The van der Waals surface area contributed by atoms with Crippen molar-refractivity contribution < 1.29 is 19.1 Å². The van der Waals surface area contributed by atoms with Crippen molar-refractivity contribution >= 4 is 35.3 Å². The fourth-order valence-corrected chi connectivity index (χ4v) is 7.08. The van der Waals surface area contributed by atoms with Gasteiger partial charge in [-0.05, 0) is 44.0 Å². The summed E-state index contributed by atoms with van der Waals surface area (Å²) in [7, 11) is 0. The highest BCUT2D eigenvalue weighted by Gasteiger charge is 2.52. The minimum Gasteiger partial charge on any atom is -0.424 e. The highest BCUT2D eigenvalue weighted by atomic mass is 32.2. The zero-order valence-electron chi connectivity index (χ0n) is 21.2. The number of aromatic nitrogens is 2. The molecule has 39 heavy (non-hydrogen) atoms. The Hall–Kier alpha value is -3.90. The van der Waals surface area contributed by atoms with Gasteiger partial charge in [0.1, 0.15) is 5.75 Å². The number of hydrogen-bond donors (Lipinski definition) is 3. The second-order valence-corrected chi connectivity index (χ2v) is 11.0. The van der Waals surface area contributed by atoms with E-state index in [1.54, 1.807) is 22.2 Å². The lowest BCUT2D eigenvalue weighted by Crippen LogP contribution is -2.62. The topological polar surface area (TPSA) is 129 Å². The lowest BCUT2D eigenvalue weighted by atomic mass is 9.86. The number of thioether (sulfide) groups is 1. The number of rotatable bonds is 6. The van der Waals surface area contributed by atoms with Crippen LogP contribution in [0.4, 0.5) is 10.5 Å². The van der Waals surface area contributed by atoms with Crippen molar-refractivity contribution in [2.45, 2.75) is 36.7 Å². The molecule has 6 rings (SSSR count). The smallest absolute Gasteiger partial charge is 0.326 e. The number of anilines is 1. The number of hydrogen-bond acceptors (Lipinski definition) is 8. The normalized spacial score (nSPS) is 26.0. The number of nitrogens with one attached hydrogen (secondary N) is 3. The van der Waals surface area contributed by atoms with Crippen LogP contribution in [-0.4, -0.2) is 69.8 Å². The first kappa shape index (κ1) is 25.4. The van der Waals surface area contributed by atoms with Crippen molar-refractivity contribution in [2.75, 3.05) is 24.5 Å². The van der Waals surface area contributed by atoms with Gasteiger partial charge in [0.05, 0.1) is 34.4 Å². The number of para-hydroxylation sites is 1. The van der Waals surface area contributed by atoms with Crippen LogP contribution in [0, 0.1) is 5.92 Å². The van der Waals surface area contributed by atoms with Gasteiger partial charge in [0.15, 0.2) is 0 Å². The van der Waals surface area contributed by atoms with E-state index in [9.17, 15) is 14.4 Å². The molecule has 3 fully saturated rings. The van der Waals surface area contributed by atoms with Crippen LogP contribution in [0.3, 0.4) is 0 Å². The van der Waals surface area contributed by atoms with Crippen molar-refractivity contribution in [3.63, 3.8) is 0 Å². The number of urea groups is 1. The van der Waals surface area contributed by atoms with E-state index in [2.05, 4.69) is 32.5 Å². The van der Waals surface area contributed by atoms with E-state index in [-0.39, 0.29) is 47.2 Å². The standard InChI is InChI=1S/C27H29N7O4S/c1-2-20(35)33-12-6-7-16(15-33)31-24(36)23-22-21-19(10-11-28-25(21)39-23)34(27(37)32-22)17-13-29-26(30-14-17)38-18-8-4-3-5-9-18/h2-5,8-9,13-14,16,19,21,25,28H,1,6-7,10-12,15H2,(H,31,36)(H,32,37)/t16-,19?,21?,25?/m1/s1. The fourth-order valence-electron chi connectivity index (χ4n) is 5.68. The minimum atomic E-state index is -0.319. The van der Waals surface area contributed by atoms with Crippen molar-refractivity contribution in [2.24, 2.45) is 5.92 Å². The first-order valence-corrected chi connectivity index (χ1v) is 13.9. The van der Waals surface area contributed by atoms with Gasteiger partial charge in [0, 0.05) is 30.7 Å². The largest absolute Gasteiger partial charge is 0.424 e. The Kier molecular flexibility index (Phi) is 6.96. The van der Waals surface area contributed by atoms with Crippen molar-refractivity contribution in [1.82, 2.24) is 30.8 Å².